The topological polar surface area (TPSA) is 64.2 Å². The minimum atomic E-state index is -6.04. The van der Waals surface area contributed by atoms with Crippen molar-refractivity contribution in [2.75, 3.05) is 14.2 Å². The van der Waals surface area contributed by atoms with E-state index in [-0.39, 0.29) is 11.4 Å². The summed E-state index contributed by atoms with van der Waals surface area (Å²) in [5.74, 6) is -8.15. The Hall–Kier alpha value is -3.43. The first-order valence-corrected chi connectivity index (χ1v) is 8.46. The molecule has 3 rings (SSSR count). The van der Waals surface area contributed by atoms with Crippen LogP contribution in [0.5, 0.6) is 11.5 Å². The first-order valence-electron chi connectivity index (χ1n) is 8.46. The van der Waals surface area contributed by atoms with Crippen molar-refractivity contribution in [3.8, 4) is 34.0 Å². The van der Waals surface area contributed by atoms with E-state index in [2.05, 4.69) is 9.97 Å². The zero-order valence-electron chi connectivity index (χ0n) is 15.7. The summed E-state index contributed by atoms with van der Waals surface area (Å²) in [6.45, 7) is 0. The monoisotopic (exact) mass is 426 g/mol. The number of Topliss-reactive ketones (excluding diaryl/α,β-unsaturated/α-hetero) is 1. The standard InChI is InChI=1S/C20H15F5N2O3/c1-29-13-7-3-11(4-8-13)15-16(12-5-9-14(30-2)10-6-12)27-18(26-15)17(28)19(21,22)20(23,24)25/h3-10H,1-2H3,(H,26,27). The first kappa shape index (κ1) is 21.3. The van der Waals surface area contributed by atoms with Gasteiger partial charge in [-0.05, 0) is 48.5 Å². The van der Waals surface area contributed by atoms with Crippen molar-refractivity contribution in [2.45, 2.75) is 12.1 Å². The number of ketones is 1. The summed E-state index contributed by atoms with van der Waals surface area (Å²) < 4.78 is 75.2. The molecule has 5 nitrogen and oxygen atoms in total. The molecule has 0 saturated carbocycles. The fourth-order valence-electron chi connectivity index (χ4n) is 2.68. The first-order chi connectivity index (χ1) is 14.1. The van der Waals surface area contributed by atoms with Gasteiger partial charge in [-0.1, -0.05) is 0 Å². The van der Waals surface area contributed by atoms with Crippen molar-refractivity contribution < 1.29 is 36.2 Å². The summed E-state index contributed by atoms with van der Waals surface area (Å²) in [5.41, 5.74) is 0.920. The number of aromatic amines is 1. The van der Waals surface area contributed by atoms with Crippen molar-refractivity contribution in [2.24, 2.45) is 0 Å². The molecule has 0 aliphatic rings. The molecule has 0 atom stereocenters. The Morgan fingerprint density at radius 2 is 1.30 bits per heavy atom. The predicted molar refractivity (Wildman–Crippen MR) is 97.9 cm³/mol. The minimum Gasteiger partial charge on any atom is -0.497 e. The molecule has 10 heteroatoms. The summed E-state index contributed by atoms with van der Waals surface area (Å²) in [7, 11) is 2.90. The molecule has 0 fully saturated rings. The molecule has 3 aromatic rings. The summed E-state index contributed by atoms with van der Waals surface area (Å²) in [4.78, 5) is 18.0. The van der Waals surface area contributed by atoms with Crippen LogP contribution < -0.4 is 9.47 Å². The zero-order chi connectivity index (χ0) is 22.1. The van der Waals surface area contributed by atoms with Crippen LogP contribution in [0.25, 0.3) is 22.5 Å². The number of carbonyl (C=O) groups is 1. The van der Waals surface area contributed by atoms with Crippen molar-refractivity contribution in [1.29, 1.82) is 0 Å². The van der Waals surface area contributed by atoms with Crippen LogP contribution in [0.3, 0.4) is 0 Å². The van der Waals surface area contributed by atoms with Gasteiger partial charge >= 0.3 is 12.1 Å². The number of H-pyrrole nitrogens is 1. The molecule has 0 saturated heterocycles. The van der Waals surface area contributed by atoms with Gasteiger partial charge in [-0.2, -0.15) is 22.0 Å². The summed E-state index contributed by atoms with van der Waals surface area (Å²) in [6.07, 6.45) is -6.04. The molecular weight excluding hydrogens is 411 g/mol. The van der Waals surface area contributed by atoms with Gasteiger partial charge in [0.15, 0.2) is 5.82 Å². The molecule has 0 aliphatic heterocycles. The van der Waals surface area contributed by atoms with Gasteiger partial charge in [0.05, 0.1) is 25.6 Å². The van der Waals surface area contributed by atoms with E-state index in [4.69, 9.17) is 9.47 Å². The van der Waals surface area contributed by atoms with E-state index in [0.717, 1.165) is 0 Å². The van der Waals surface area contributed by atoms with E-state index in [1.165, 1.54) is 26.4 Å². The second kappa shape index (κ2) is 7.77. The third kappa shape index (κ3) is 3.85. The summed E-state index contributed by atoms with van der Waals surface area (Å²) >= 11 is 0. The highest BCUT2D eigenvalue weighted by atomic mass is 19.4. The third-order valence-corrected chi connectivity index (χ3v) is 4.30. The lowest BCUT2D eigenvalue weighted by atomic mass is 10.0. The Balaban J connectivity index is 2.14. The van der Waals surface area contributed by atoms with E-state index < -0.39 is 23.7 Å². The van der Waals surface area contributed by atoms with Gasteiger partial charge in [0, 0.05) is 11.1 Å². The van der Waals surface area contributed by atoms with E-state index in [0.29, 0.717) is 22.6 Å². The largest absolute Gasteiger partial charge is 0.497 e. The highest BCUT2D eigenvalue weighted by molar-refractivity contribution is 6.00. The lowest BCUT2D eigenvalue weighted by Gasteiger charge is -2.16. The summed E-state index contributed by atoms with van der Waals surface area (Å²) in [5, 5.41) is 0. The number of ether oxygens (including phenoxy) is 2. The number of halogens is 5. The van der Waals surface area contributed by atoms with Crippen LogP contribution in [0.1, 0.15) is 10.6 Å². The Bertz CT molecular complexity index is 977. The minimum absolute atomic E-state index is 0.0316. The molecule has 0 amide bonds. The molecule has 1 aromatic heterocycles. The Morgan fingerprint density at radius 1 is 0.833 bits per heavy atom. The molecular formula is C20H15F5N2O3. The smallest absolute Gasteiger partial charge is 0.461 e. The van der Waals surface area contributed by atoms with Gasteiger partial charge in [0.1, 0.15) is 11.5 Å². The van der Waals surface area contributed by atoms with E-state index in [1.807, 2.05) is 0 Å². The average Bonchev–Trinajstić information content (AvgIpc) is 3.17. The number of aromatic nitrogens is 2. The van der Waals surface area contributed by atoms with Gasteiger partial charge in [0.25, 0.3) is 5.78 Å². The zero-order valence-corrected chi connectivity index (χ0v) is 15.7. The number of nitrogens with one attached hydrogen (secondary N) is 1. The number of alkyl halides is 5. The van der Waals surface area contributed by atoms with Gasteiger partial charge in [-0.3, -0.25) is 4.79 Å². The van der Waals surface area contributed by atoms with Crippen LogP contribution in [-0.4, -0.2) is 42.1 Å². The van der Waals surface area contributed by atoms with Crippen LogP contribution in [0.15, 0.2) is 48.5 Å². The number of imidazole rings is 1. The number of carbonyl (C=O) groups excluding carboxylic acids is 1. The fourth-order valence-corrected chi connectivity index (χ4v) is 2.68. The van der Waals surface area contributed by atoms with E-state index in [1.54, 1.807) is 36.4 Å². The Kier molecular flexibility index (Phi) is 5.51. The molecule has 158 valence electrons. The maximum Gasteiger partial charge on any atom is 0.461 e. The lowest BCUT2D eigenvalue weighted by molar-refractivity contribution is -0.256. The predicted octanol–water partition coefficient (Wildman–Crippen LogP) is 5.14. The molecule has 0 radical (unpaired) electrons. The molecule has 0 bridgehead atoms. The van der Waals surface area contributed by atoms with Crippen molar-refractivity contribution >= 4 is 5.78 Å². The van der Waals surface area contributed by atoms with Gasteiger partial charge in [-0.25, -0.2) is 4.98 Å². The SMILES string of the molecule is COc1ccc(-c2nc(C(=O)C(F)(F)C(F)(F)F)[nH]c2-c2ccc(OC)cc2)cc1. The molecule has 1 heterocycles. The Morgan fingerprint density at radius 3 is 1.73 bits per heavy atom. The normalized spacial score (nSPS) is 12.0. The highest BCUT2D eigenvalue weighted by Gasteiger charge is 2.64. The van der Waals surface area contributed by atoms with Crippen LogP contribution >= 0.6 is 0 Å². The maximum absolute atomic E-state index is 13.6. The fraction of sp³-hybridized carbons (Fsp3) is 0.200. The molecule has 2 aromatic carbocycles. The number of hydrogen-bond donors (Lipinski definition) is 1. The van der Waals surface area contributed by atoms with Crippen LogP contribution in [-0.2, 0) is 0 Å². The van der Waals surface area contributed by atoms with Gasteiger partial charge in [0.2, 0.25) is 0 Å². The van der Waals surface area contributed by atoms with E-state index >= 15 is 0 Å². The van der Waals surface area contributed by atoms with Crippen LogP contribution in [0.2, 0.25) is 0 Å². The lowest BCUT2D eigenvalue weighted by Crippen LogP contribution is -2.44. The average molecular weight is 426 g/mol. The number of hydrogen-bond acceptors (Lipinski definition) is 4. The second-order valence-electron chi connectivity index (χ2n) is 6.17. The third-order valence-electron chi connectivity index (χ3n) is 4.30. The molecule has 0 spiro atoms. The molecule has 1 N–H and O–H groups in total. The summed E-state index contributed by atoms with van der Waals surface area (Å²) in [6, 6.07) is 12.4. The van der Waals surface area contributed by atoms with E-state index in [9.17, 15) is 26.7 Å². The number of benzene rings is 2. The van der Waals surface area contributed by atoms with Gasteiger partial charge < -0.3 is 14.5 Å². The maximum atomic E-state index is 13.6. The van der Waals surface area contributed by atoms with Crippen LogP contribution in [0.4, 0.5) is 22.0 Å². The molecule has 0 unspecified atom stereocenters. The number of rotatable bonds is 6. The van der Waals surface area contributed by atoms with Gasteiger partial charge in [-0.15, -0.1) is 0 Å². The van der Waals surface area contributed by atoms with Crippen LogP contribution in [0, 0.1) is 0 Å². The number of nitrogens with zero attached hydrogens (tertiary/aromatic N) is 1. The van der Waals surface area contributed by atoms with Crippen molar-refractivity contribution in [3.63, 3.8) is 0 Å². The quantitative estimate of drug-likeness (QED) is 0.438. The number of methoxy groups -OCH3 is 2. The second-order valence-corrected chi connectivity index (χ2v) is 6.17. The molecule has 0 aliphatic carbocycles. The van der Waals surface area contributed by atoms with Crippen molar-refractivity contribution in [3.05, 3.63) is 54.4 Å². The molecule has 30 heavy (non-hydrogen) atoms. The highest BCUT2D eigenvalue weighted by Crippen LogP contribution is 2.39. The Labute approximate surface area is 167 Å². The van der Waals surface area contributed by atoms with Crippen molar-refractivity contribution in [1.82, 2.24) is 9.97 Å².